The molecule has 0 aliphatic rings. The molecule has 0 radical (unpaired) electrons. The second-order valence-electron chi connectivity index (χ2n) is 4.32. The molecule has 1 rings (SSSR count). The molecule has 0 N–H and O–H groups in total. The smallest absolute Gasteiger partial charge is 0.294 e. The van der Waals surface area contributed by atoms with Gasteiger partial charge in [-0.2, -0.15) is 26.3 Å². The number of carbonyl (C=O) groups is 1. The summed E-state index contributed by atoms with van der Waals surface area (Å²) in [6, 6.07) is 4.88. The lowest BCUT2D eigenvalue weighted by Crippen LogP contribution is -2.38. The molecule has 0 fully saturated rings. The predicted octanol–water partition coefficient (Wildman–Crippen LogP) is 4.56. The number of Topliss-reactive ketones (excluding diaryl/α,β-unsaturated/α-hetero) is 1. The van der Waals surface area contributed by atoms with E-state index >= 15 is 0 Å². The van der Waals surface area contributed by atoms with Crippen LogP contribution >= 0.6 is 0 Å². The van der Waals surface area contributed by atoms with Crippen LogP contribution in [0.2, 0.25) is 0 Å². The molecule has 0 saturated carbocycles. The van der Waals surface area contributed by atoms with Crippen LogP contribution in [0.15, 0.2) is 24.3 Å². The van der Waals surface area contributed by atoms with E-state index in [4.69, 9.17) is 0 Å². The fraction of sp³-hybridized carbons (Fsp3) is 0.462. The molecule has 0 aliphatic heterocycles. The maximum Gasteiger partial charge on any atom is 0.400 e. The number of hydrogen-bond acceptors (Lipinski definition) is 1. The van der Waals surface area contributed by atoms with E-state index < -0.39 is 24.7 Å². The molecule has 0 bridgehead atoms. The first-order valence-electron chi connectivity index (χ1n) is 5.81. The van der Waals surface area contributed by atoms with Crippen LogP contribution in [-0.4, -0.2) is 18.1 Å². The van der Waals surface area contributed by atoms with Gasteiger partial charge >= 0.3 is 12.4 Å². The van der Waals surface area contributed by atoms with Crippen molar-refractivity contribution in [3.05, 3.63) is 35.4 Å². The summed E-state index contributed by atoms with van der Waals surface area (Å²) in [6.45, 7) is 1.56. The van der Waals surface area contributed by atoms with Crippen molar-refractivity contribution in [2.24, 2.45) is 5.92 Å². The van der Waals surface area contributed by atoms with E-state index in [0.717, 1.165) is 12.1 Å². The van der Waals surface area contributed by atoms with E-state index in [2.05, 4.69) is 0 Å². The molecule has 1 aromatic carbocycles. The minimum atomic E-state index is -5.37. The molecular formula is C13H12F6O. The van der Waals surface area contributed by atoms with Crippen molar-refractivity contribution in [1.82, 2.24) is 0 Å². The molecule has 1 aromatic rings. The van der Waals surface area contributed by atoms with Crippen molar-refractivity contribution >= 4 is 5.78 Å². The van der Waals surface area contributed by atoms with Crippen LogP contribution in [-0.2, 0) is 6.42 Å². The van der Waals surface area contributed by atoms with Gasteiger partial charge in [-0.1, -0.05) is 25.1 Å². The van der Waals surface area contributed by atoms with Crippen LogP contribution in [0.4, 0.5) is 26.3 Å². The number of rotatable bonds is 4. The lowest BCUT2D eigenvalue weighted by molar-refractivity contribution is -0.283. The highest BCUT2D eigenvalue weighted by Crippen LogP contribution is 2.41. The number of halogens is 6. The Balaban J connectivity index is 3.04. The Kier molecular flexibility index (Phi) is 4.83. The number of alkyl halides is 6. The summed E-state index contributed by atoms with van der Waals surface area (Å²) in [5, 5.41) is 0. The first-order chi connectivity index (χ1) is 9.05. The third-order valence-corrected chi connectivity index (χ3v) is 2.80. The van der Waals surface area contributed by atoms with Gasteiger partial charge in [0.2, 0.25) is 0 Å². The van der Waals surface area contributed by atoms with Gasteiger partial charge in [-0.3, -0.25) is 4.79 Å². The molecule has 0 aromatic heterocycles. The van der Waals surface area contributed by atoms with Crippen molar-refractivity contribution in [1.29, 1.82) is 0 Å². The Morgan fingerprint density at radius 1 is 1.10 bits per heavy atom. The van der Waals surface area contributed by atoms with Crippen LogP contribution in [0.5, 0.6) is 0 Å². The van der Waals surface area contributed by atoms with Gasteiger partial charge < -0.3 is 0 Å². The lowest BCUT2D eigenvalue weighted by Gasteiger charge is -2.23. The van der Waals surface area contributed by atoms with E-state index in [1.54, 1.807) is 6.92 Å². The molecule has 112 valence electrons. The molecule has 0 amide bonds. The average molecular weight is 298 g/mol. The highest BCUT2D eigenvalue weighted by atomic mass is 19.4. The zero-order valence-electron chi connectivity index (χ0n) is 10.5. The normalized spacial score (nSPS) is 12.8. The zero-order chi connectivity index (χ0) is 15.6. The quantitative estimate of drug-likeness (QED) is 0.588. The Morgan fingerprint density at radius 3 is 2.10 bits per heavy atom. The molecule has 0 aliphatic carbocycles. The summed E-state index contributed by atoms with van der Waals surface area (Å²) in [6.07, 6.45) is -11.8. The van der Waals surface area contributed by atoms with Gasteiger partial charge in [0, 0.05) is 12.0 Å². The molecule has 0 spiro atoms. The molecule has 7 heteroatoms. The third-order valence-electron chi connectivity index (χ3n) is 2.80. The van der Waals surface area contributed by atoms with Crippen molar-refractivity contribution in [3.63, 3.8) is 0 Å². The van der Waals surface area contributed by atoms with Crippen LogP contribution in [0.1, 0.15) is 29.3 Å². The fourth-order valence-corrected chi connectivity index (χ4v) is 1.73. The summed E-state index contributed by atoms with van der Waals surface area (Å²) in [4.78, 5) is 11.4. The van der Waals surface area contributed by atoms with Crippen LogP contribution in [0.3, 0.4) is 0 Å². The monoisotopic (exact) mass is 298 g/mol. The van der Waals surface area contributed by atoms with Crippen molar-refractivity contribution < 1.29 is 31.1 Å². The van der Waals surface area contributed by atoms with Gasteiger partial charge in [-0.15, -0.1) is 0 Å². The summed E-state index contributed by atoms with van der Waals surface area (Å²) in [7, 11) is 0. The van der Waals surface area contributed by atoms with Gasteiger partial charge in [0.25, 0.3) is 0 Å². The number of carbonyl (C=O) groups excluding carboxylic acids is 1. The van der Waals surface area contributed by atoms with Gasteiger partial charge in [-0.05, 0) is 18.1 Å². The number of ketones is 1. The minimum absolute atomic E-state index is 0.119. The summed E-state index contributed by atoms with van der Waals surface area (Å²) in [5.74, 6) is -3.76. The first kappa shape index (κ1) is 16.5. The third kappa shape index (κ3) is 4.25. The van der Waals surface area contributed by atoms with Crippen LogP contribution in [0.25, 0.3) is 0 Å². The Labute approximate surface area is 111 Å². The molecule has 20 heavy (non-hydrogen) atoms. The molecule has 0 heterocycles. The molecule has 1 nitrogen and oxygen atoms in total. The minimum Gasteiger partial charge on any atom is -0.294 e. The van der Waals surface area contributed by atoms with Gasteiger partial charge in [-0.25, -0.2) is 0 Å². The maximum absolute atomic E-state index is 12.4. The standard InChI is InChI=1S/C13H12F6O/c1-2-10(20)9-5-3-4-8(6-9)7-11(12(14,15)16)13(17,18)19/h3-6,11H,2,7H2,1H3. The molecule has 0 saturated heterocycles. The molecular weight excluding hydrogens is 286 g/mol. The second-order valence-corrected chi connectivity index (χ2v) is 4.32. The van der Waals surface area contributed by atoms with Gasteiger partial charge in [0.05, 0.1) is 0 Å². The van der Waals surface area contributed by atoms with Crippen molar-refractivity contribution in [2.75, 3.05) is 0 Å². The van der Waals surface area contributed by atoms with E-state index in [9.17, 15) is 31.1 Å². The van der Waals surface area contributed by atoms with E-state index in [1.165, 1.54) is 12.1 Å². The lowest BCUT2D eigenvalue weighted by atomic mass is 9.96. The average Bonchev–Trinajstić information content (AvgIpc) is 2.32. The van der Waals surface area contributed by atoms with Crippen LogP contribution < -0.4 is 0 Å². The second kappa shape index (κ2) is 5.85. The summed E-state index contributed by atoms with van der Waals surface area (Å²) < 4.78 is 74.6. The zero-order valence-corrected chi connectivity index (χ0v) is 10.5. The first-order valence-corrected chi connectivity index (χ1v) is 5.81. The summed E-state index contributed by atoms with van der Waals surface area (Å²) >= 11 is 0. The van der Waals surface area contributed by atoms with E-state index in [1.807, 2.05) is 0 Å². The summed E-state index contributed by atoms with van der Waals surface area (Å²) in [5.41, 5.74) is -0.0444. The van der Waals surface area contributed by atoms with Crippen LogP contribution in [0, 0.1) is 5.92 Å². The van der Waals surface area contributed by atoms with Gasteiger partial charge in [0.1, 0.15) is 0 Å². The highest BCUT2D eigenvalue weighted by Gasteiger charge is 2.56. The Hall–Kier alpha value is -1.53. The highest BCUT2D eigenvalue weighted by molar-refractivity contribution is 5.95. The van der Waals surface area contributed by atoms with Crippen molar-refractivity contribution in [3.8, 4) is 0 Å². The van der Waals surface area contributed by atoms with E-state index in [-0.39, 0.29) is 23.3 Å². The SMILES string of the molecule is CCC(=O)c1cccc(CC(C(F)(F)F)C(F)(F)F)c1. The van der Waals surface area contributed by atoms with Gasteiger partial charge in [0.15, 0.2) is 11.7 Å². The number of hydrogen-bond donors (Lipinski definition) is 0. The Bertz CT molecular complexity index is 460. The van der Waals surface area contributed by atoms with E-state index in [0.29, 0.717) is 0 Å². The van der Waals surface area contributed by atoms with Crippen molar-refractivity contribution in [2.45, 2.75) is 32.1 Å². The Morgan fingerprint density at radius 2 is 1.65 bits per heavy atom. The molecule has 0 unspecified atom stereocenters. The maximum atomic E-state index is 12.4. The fourth-order valence-electron chi connectivity index (χ4n) is 1.73. The number of benzene rings is 1. The predicted molar refractivity (Wildman–Crippen MR) is 60.4 cm³/mol. The molecule has 0 atom stereocenters. The largest absolute Gasteiger partial charge is 0.400 e. The topological polar surface area (TPSA) is 17.1 Å².